The van der Waals surface area contributed by atoms with E-state index in [1.165, 1.54) is 134 Å². The van der Waals surface area contributed by atoms with Gasteiger partial charge >= 0.3 is 0 Å². The molecular weight excluding hydrogens is 1030 g/mol. The van der Waals surface area contributed by atoms with Crippen LogP contribution in [-0.2, 0) is 16.2 Å². The molecule has 5 aliphatic carbocycles. The smallest absolute Gasteiger partial charge is 0.195 e. The topological polar surface area (TPSA) is 17.1 Å². The van der Waals surface area contributed by atoms with Crippen molar-refractivity contribution in [1.82, 2.24) is 0 Å². The van der Waals surface area contributed by atoms with E-state index in [-0.39, 0.29) is 5.43 Å². The number of fused-ring (bicyclic) bond motifs is 25. The van der Waals surface area contributed by atoms with Crippen LogP contribution in [0.2, 0.25) is 0 Å². The van der Waals surface area contributed by atoms with Crippen molar-refractivity contribution in [3.05, 3.63) is 368 Å². The zero-order valence-corrected chi connectivity index (χ0v) is 46.3. The summed E-state index contributed by atoms with van der Waals surface area (Å²) in [6, 6.07) is 109. The second-order valence-electron chi connectivity index (χ2n) is 23.5. The van der Waals surface area contributed by atoms with E-state index in [1.54, 1.807) is 11.3 Å². The van der Waals surface area contributed by atoms with Crippen molar-refractivity contribution < 1.29 is 0 Å². The van der Waals surface area contributed by atoms with Gasteiger partial charge in [-0.15, -0.1) is 11.3 Å². The Morgan fingerprint density at radius 2 is 0.560 bits per heavy atom. The molecule has 84 heavy (non-hydrogen) atoms. The molecule has 0 saturated carbocycles. The minimum atomic E-state index is -0.738. The van der Waals surface area contributed by atoms with E-state index in [4.69, 9.17) is 0 Å². The van der Waals surface area contributed by atoms with Gasteiger partial charge in [0.25, 0.3) is 0 Å². The van der Waals surface area contributed by atoms with Gasteiger partial charge in [-0.2, -0.15) is 0 Å². The van der Waals surface area contributed by atoms with E-state index < -0.39 is 16.2 Å². The lowest BCUT2D eigenvalue weighted by Gasteiger charge is -2.34. The molecule has 388 valence electrons. The van der Waals surface area contributed by atoms with Crippen LogP contribution in [0.3, 0.4) is 0 Å². The van der Waals surface area contributed by atoms with Gasteiger partial charge in [0.15, 0.2) is 5.43 Å². The molecule has 0 saturated heterocycles. The summed E-state index contributed by atoms with van der Waals surface area (Å²) in [5.74, 6) is 0. The van der Waals surface area contributed by atoms with E-state index >= 15 is 0 Å². The molecule has 0 amide bonds. The van der Waals surface area contributed by atoms with Crippen LogP contribution in [0.5, 0.6) is 0 Å². The molecular formula is C82H48OS. The van der Waals surface area contributed by atoms with Crippen LogP contribution in [0, 0.1) is 0 Å². The summed E-state index contributed by atoms with van der Waals surface area (Å²) < 4.78 is 1.99. The summed E-state index contributed by atoms with van der Waals surface area (Å²) in [7, 11) is 0. The minimum absolute atomic E-state index is 0.0810. The van der Waals surface area contributed by atoms with Crippen molar-refractivity contribution in [2.45, 2.75) is 16.2 Å². The molecule has 13 aromatic carbocycles. The summed E-state index contributed by atoms with van der Waals surface area (Å²) in [4.78, 5) is 14.6. The second kappa shape index (κ2) is 16.7. The standard InChI is InChI=1S/C82H48OS/c83-79-62-26-8-16-38-75(62)84-76-48-74-63(47-64(76)79)59-23-5-9-29-65(59)80(74,51-43-39-49(40-44-51)53-27-17-36-72-77(53)60-24-6-14-34-70(60)81(72)66-30-10-1-19-55(66)56-20-2-11-31-67(56)81)52-45-41-50(42-46-52)54-28-18-37-73-78(54)61-25-7-15-35-71(61)82(73)68-32-12-3-21-57(68)58-22-4-13-33-69(58)82/h1-48H. The highest BCUT2D eigenvalue weighted by Crippen LogP contribution is 2.66. The Bertz CT molecular complexity index is 4960. The molecule has 19 rings (SSSR count). The summed E-state index contributed by atoms with van der Waals surface area (Å²) in [6.45, 7) is 0. The molecule has 0 radical (unpaired) electrons. The van der Waals surface area contributed by atoms with Gasteiger partial charge < -0.3 is 0 Å². The van der Waals surface area contributed by atoms with Gasteiger partial charge in [-0.25, -0.2) is 0 Å². The molecule has 0 aliphatic heterocycles. The Balaban J connectivity index is 0.821. The summed E-state index contributed by atoms with van der Waals surface area (Å²) in [5, 5.41) is 1.53. The van der Waals surface area contributed by atoms with Gasteiger partial charge in [0.2, 0.25) is 0 Å². The van der Waals surface area contributed by atoms with Crippen LogP contribution in [0.1, 0.15) is 66.8 Å². The first kappa shape index (κ1) is 46.4. The predicted molar refractivity (Wildman–Crippen MR) is 346 cm³/mol. The van der Waals surface area contributed by atoms with Gasteiger partial charge in [0.05, 0.1) is 16.2 Å². The first-order chi connectivity index (χ1) is 41.6. The molecule has 0 unspecified atom stereocenters. The van der Waals surface area contributed by atoms with Crippen LogP contribution in [0.25, 0.3) is 98.1 Å². The minimum Gasteiger partial charge on any atom is -0.289 e. The zero-order chi connectivity index (χ0) is 55.0. The van der Waals surface area contributed by atoms with E-state index in [0.29, 0.717) is 0 Å². The Hall–Kier alpha value is -10.3. The molecule has 0 atom stereocenters. The van der Waals surface area contributed by atoms with Crippen LogP contribution in [0.4, 0.5) is 0 Å². The number of rotatable bonds is 4. The molecule has 0 fully saturated rings. The summed E-state index contributed by atoms with van der Waals surface area (Å²) >= 11 is 1.71. The van der Waals surface area contributed by atoms with Gasteiger partial charge in [-0.05, 0) is 169 Å². The van der Waals surface area contributed by atoms with Crippen molar-refractivity contribution in [2.24, 2.45) is 0 Å². The number of hydrogen-bond acceptors (Lipinski definition) is 2. The van der Waals surface area contributed by atoms with Gasteiger partial charge in [-0.1, -0.05) is 267 Å². The van der Waals surface area contributed by atoms with Gasteiger partial charge in [0, 0.05) is 20.2 Å². The Kier molecular flexibility index (Phi) is 9.22. The molecule has 0 N–H and O–H groups in total. The lowest BCUT2D eigenvalue weighted by Crippen LogP contribution is -2.28. The Labute approximate surface area is 490 Å². The van der Waals surface area contributed by atoms with E-state index in [2.05, 4.69) is 273 Å². The first-order valence-electron chi connectivity index (χ1n) is 29.3. The van der Waals surface area contributed by atoms with Gasteiger partial charge in [-0.3, -0.25) is 4.79 Å². The first-order valence-corrected chi connectivity index (χ1v) is 30.1. The molecule has 1 aromatic heterocycles. The van der Waals surface area contributed by atoms with Crippen molar-refractivity contribution in [3.8, 4) is 77.9 Å². The van der Waals surface area contributed by atoms with Crippen LogP contribution >= 0.6 is 11.3 Å². The molecule has 1 heterocycles. The van der Waals surface area contributed by atoms with Crippen molar-refractivity contribution in [2.75, 3.05) is 0 Å². The highest BCUT2D eigenvalue weighted by atomic mass is 32.1. The van der Waals surface area contributed by atoms with Gasteiger partial charge in [0.1, 0.15) is 0 Å². The van der Waals surface area contributed by atoms with Crippen LogP contribution in [0.15, 0.2) is 296 Å². The average Bonchev–Trinajstić information content (AvgIpc) is 1.62. The molecule has 2 heteroatoms. The summed E-state index contributed by atoms with van der Waals surface area (Å²) in [5.41, 5.74) is 31.4. The number of hydrogen-bond donors (Lipinski definition) is 0. The fourth-order valence-electron chi connectivity index (χ4n) is 16.9. The van der Waals surface area contributed by atoms with Crippen LogP contribution < -0.4 is 5.43 Å². The quantitative estimate of drug-likeness (QED) is 0.161. The third-order valence-electron chi connectivity index (χ3n) is 20.0. The highest BCUT2D eigenvalue weighted by Gasteiger charge is 2.54. The largest absolute Gasteiger partial charge is 0.289 e. The fraction of sp³-hybridized carbons (Fsp3) is 0.0366. The van der Waals surface area contributed by atoms with E-state index in [9.17, 15) is 4.79 Å². The maximum atomic E-state index is 14.6. The lowest BCUT2D eigenvalue weighted by molar-refractivity contribution is 0.770. The second-order valence-corrected chi connectivity index (χ2v) is 24.6. The lowest BCUT2D eigenvalue weighted by atomic mass is 9.67. The SMILES string of the molecule is O=c1c2ccccc2sc2cc3c(cc12)-c1ccccc1C3(c1ccc(-c2cccc3c2-c2ccccc2C32c3ccccc3-c3ccccc32)cc1)c1ccc(-c2cccc3c2-c2ccccc2C32c3ccccc3-c3ccccc32)cc1. The fourth-order valence-corrected chi connectivity index (χ4v) is 18.0. The van der Waals surface area contributed by atoms with Crippen molar-refractivity contribution >= 4 is 31.5 Å². The van der Waals surface area contributed by atoms with E-state index in [0.717, 1.165) is 31.3 Å². The predicted octanol–water partition coefficient (Wildman–Crippen LogP) is 19.8. The Morgan fingerprint density at radius 1 is 0.226 bits per heavy atom. The monoisotopic (exact) mass is 1080 g/mol. The average molecular weight is 1080 g/mol. The highest BCUT2D eigenvalue weighted by molar-refractivity contribution is 7.24. The molecule has 1 nitrogen and oxygen atoms in total. The summed E-state index contributed by atoms with van der Waals surface area (Å²) in [6.07, 6.45) is 0. The maximum Gasteiger partial charge on any atom is 0.195 e. The van der Waals surface area contributed by atoms with E-state index in [1.807, 2.05) is 18.2 Å². The molecule has 5 aliphatic rings. The normalized spacial score (nSPS) is 14.8. The number of benzene rings is 13. The third kappa shape index (κ3) is 5.58. The maximum absolute atomic E-state index is 14.6. The van der Waals surface area contributed by atoms with Crippen molar-refractivity contribution in [3.63, 3.8) is 0 Å². The zero-order valence-electron chi connectivity index (χ0n) is 45.5. The van der Waals surface area contributed by atoms with Crippen LogP contribution in [-0.4, -0.2) is 0 Å². The third-order valence-corrected chi connectivity index (χ3v) is 21.2. The molecule has 0 bridgehead atoms. The molecule has 14 aromatic rings. The Morgan fingerprint density at radius 3 is 1.00 bits per heavy atom. The molecule has 2 spiro atoms. The van der Waals surface area contributed by atoms with Crippen molar-refractivity contribution in [1.29, 1.82) is 0 Å².